The van der Waals surface area contributed by atoms with E-state index in [0.717, 1.165) is 23.3 Å². The molecular formula is C14H19N3O2S. The number of thiazole rings is 1. The second-order valence-corrected chi connectivity index (χ2v) is 5.51. The van der Waals surface area contributed by atoms with E-state index in [1.807, 2.05) is 36.1 Å². The molecule has 20 heavy (non-hydrogen) atoms. The van der Waals surface area contributed by atoms with Gasteiger partial charge in [0.1, 0.15) is 0 Å². The number of aromatic nitrogens is 1. The third-order valence-electron chi connectivity index (χ3n) is 2.99. The highest BCUT2D eigenvalue weighted by Crippen LogP contribution is 2.25. The smallest absolute Gasteiger partial charge is 0.240 e. The maximum absolute atomic E-state index is 12.0. The van der Waals surface area contributed by atoms with Crippen molar-refractivity contribution in [3.63, 3.8) is 0 Å². The summed E-state index contributed by atoms with van der Waals surface area (Å²) in [6.45, 7) is 3.98. The Hall–Kier alpha value is -1.50. The minimum Gasteiger partial charge on any atom is -0.396 e. The SMILES string of the molecule is CCN(CCCO)CC(=O)Nc1nc2ccccc2s1. The van der Waals surface area contributed by atoms with Crippen LogP contribution in [0, 0.1) is 0 Å². The number of likely N-dealkylation sites (N-methyl/N-ethyl adjacent to an activating group) is 1. The number of aliphatic hydroxyl groups is 1. The zero-order valence-electron chi connectivity index (χ0n) is 11.5. The van der Waals surface area contributed by atoms with Crippen molar-refractivity contribution in [3.05, 3.63) is 24.3 Å². The van der Waals surface area contributed by atoms with Gasteiger partial charge < -0.3 is 10.4 Å². The van der Waals surface area contributed by atoms with Gasteiger partial charge in [0, 0.05) is 13.2 Å². The molecular weight excluding hydrogens is 274 g/mol. The molecule has 0 atom stereocenters. The molecule has 2 rings (SSSR count). The molecule has 1 aromatic heterocycles. The number of carbonyl (C=O) groups excluding carboxylic acids is 1. The predicted molar refractivity (Wildman–Crippen MR) is 82.1 cm³/mol. The van der Waals surface area contributed by atoms with Crippen LogP contribution in [0.4, 0.5) is 5.13 Å². The molecule has 0 spiro atoms. The molecule has 0 saturated carbocycles. The van der Waals surface area contributed by atoms with Crippen LogP contribution in [0.1, 0.15) is 13.3 Å². The fourth-order valence-corrected chi connectivity index (χ4v) is 2.81. The Balaban J connectivity index is 1.93. The third-order valence-corrected chi connectivity index (χ3v) is 3.94. The number of anilines is 1. The maximum Gasteiger partial charge on any atom is 0.240 e. The molecule has 1 heterocycles. The van der Waals surface area contributed by atoms with Crippen molar-refractivity contribution in [2.24, 2.45) is 0 Å². The number of hydrogen-bond donors (Lipinski definition) is 2. The lowest BCUT2D eigenvalue weighted by Gasteiger charge is -2.18. The van der Waals surface area contributed by atoms with Crippen LogP contribution in [0.5, 0.6) is 0 Å². The lowest BCUT2D eigenvalue weighted by Crippen LogP contribution is -2.34. The van der Waals surface area contributed by atoms with Crippen molar-refractivity contribution in [2.75, 3.05) is 31.6 Å². The fourth-order valence-electron chi connectivity index (χ4n) is 1.93. The van der Waals surface area contributed by atoms with E-state index in [4.69, 9.17) is 5.11 Å². The molecule has 0 unspecified atom stereocenters. The zero-order chi connectivity index (χ0) is 14.4. The topological polar surface area (TPSA) is 65.5 Å². The molecule has 0 bridgehead atoms. The Morgan fingerprint density at radius 1 is 1.45 bits per heavy atom. The minimum atomic E-state index is -0.0659. The summed E-state index contributed by atoms with van der Waals surface area (Å²) in [6.07, 6.45) is 0.683. The number of nitrogens with zero attached hydrogens (tertiary/aromatic N) is 2. The predicted octanol–water partition coefficient (Wildman–Crippen LogP) is 1.94. The number of nitrogens with one attached hydrogen (secondary N) is 1. The molecule has 0 radical (unpaired) electrons. The highest BCUT2D eigenvalue weighted by atomic mass is 32.1. The fraction of sp³-hybridized carbons (Fsp3) is 0.429. The molecule has 0 aliphatic rings. The number of benzene rings is 1. The van der Waals surface area contributed by atoms with E-state index in [2.05, 4.69) is 10.3 Å². The number of carbonyl (C=O) groups is 1. The van der Waals surface area contributed by atoms with Crippen molar-refractivity contribution >= 4 is 32.6 Å². The van der Waals surface area contributed by atoms with Crippen LogP contribution in [0.15, 0.2) is 24.3 Å². The molecule has 0 aliphatic carbocycles. The standard InChI is InChI=1S/C14H19N3O2S/c1-2-17(8-5-9-18)10-13(19)16-14-15-11-6-3-4-7-12(11)20-14/h3-4,6-7,18H,2,5,8-10H2,1H3,(H,15,16,19). The van der Waals surface area contributed by atoms with Crippen molar-refractivity contribution < 1.29 is 9.90 Å². The van der Waals surface area contributed by atoms with Gasteiger partial charge in [0.05, 0.1) is 16.8 Å². The molecule has 1 amide bonds. The molecule has 1 aromatic carbocycles. The van der Waals surface area contributed by atoms with E-state index in [1.165, 1.54) is 11.3 Å². The number of para-hydroxylation sites is 1. The molecule has 0 saturated heterocycles. The summed E-state index contributed by atoms with van der Waals surface area (Å²) in [7, 11) is 0. The van der Waals surface area contributed by atoms with Crippen molar-refractivity contribution in [3.8, 4) is 0 Å². The van der Waals surface area contributed by atoms with E-state index in [0.29, 0.717) is 18.1 Å². The molecule has 5 nitrogen and oxygen atoms in total. The average Bonchev–Trinajstić information content (AvgIpc) is 2.85. The summed E-state index contributed by atoms with van der Waals surface area (Å²) in [5.74, 6) is -0.0659. The highest BCUT2D eigenvalue weighted by molar-refractivity contribution is 7.22. The monoisotopic (exact) mass is 293 g/mol. The summed E-state index contributed by atoms with van der Waals surface area (Å²) < 4.78 is 1.07. The van der Waals surface area contributed by atoms with Gasteiger partial charge in [0.25, 0.3) is 0 Å². The van der Waals surface area contributed by atoms with Gasteiger partial charge in [-0.05, 0) is 25.1 Å². The van der Waals surface area contributed by atoms with Gasteiger partial charge in [-0.15, -0.1) is 0 Å². The minimum absolute atomic E-state index is 0.0659. The second-order valence-electron chi connectivity index (χ2n) is 4.48. The molecule has 2 aromatic rings. The molecule has 0 aliphatic heterocycles. The number of fused-ring (bicyclic) bond motifs is 1. The van der Waals surface area contributed by atoms with Crippen LogP contribution >= 0.6 is 11.3 Å². The van der Waals surface area contributed by atoms with Crippen LogP contribution in [-0.2, 0) is 4.79 Å². The summed E-state index contributed by atoms with van der Waals surface area (Å²) in [4.78, 5) is 18.3. The van der Waals surface area contributed by atoms with Crippen molar-refractivity contribution in [2.45, 2.75) is 13.3 Å². The Bertz CT molecular complexity index is 537. The Kier molecular flexibility index (Phi) is 5.46. The third kappa shape index (κ3) is 4.00. The Morgan fingerprint density at radius 3 is 2.95 bits per heavy atom. The van der Waals surface area contributed by atoms with Gasteiger partial charge >= 0.3 is 0 Å². The van der Waals surface area contributed by atoms with E-state index in [9.17, 15) is 4.79 Å². The number of hydrogen-bond acceptors (Lipinski definition) is 5. The van der Waals surface area contributed by atoms with Crippen LogP contribution in [-0.4, -0.2) is 47.1 Å². The van der Waals surface area contributed by atoms with E-state index < -0.39 is 0 Å². The quantitative estimate of drug-likeness (QED) is 0.819. The van der Waals surface area contributed by atoms with E-state index >= 15 is 0 Å². The van der Waals surface area contributed by atoms with Crippen LogP contribution in [0.25, 0.3) is 10.2 Å². The van der Waals surface area contributed by atoms with E-state index in [1.54, 1.807) is 0 Å². The second kappa shape index (κ2) is 7.33. The zero-order valence-corrected chi connectivity index (χ0v) is 12.3. The lowest BCUT2D eigenvalue weighted by molar-refractivity contribution is -0.117. The molecule has 108 valence electrons. The summed E-state index contributed by atoms with van der Waals surface area (Å²) in [5, 5.41) is 12.3. The molecule has 2 N–H and O–H groups in total. The van der Waals surface area contributed by atoms with Gasteiger partial charge in [0.2, 0.25) is 5.91 Å². The van der Waals surface area contributed by atoms with Crippen LogP contribution < -0.4 is 5.32 Å². The van der Waals surface area contributed by atoms with E-state index in [-0.39, 0.29) is 12.5 Å². The van der Waals surface area contributed by atoms with Crippen molar-refractivity contribution in [1.82, 2.24) is 9.88 Å². The van der Waals surface area contributed by atoms with Crippen LogP contribution in [0.3, 0.4) is 0 Å². The van der Waals surface area contributed by atoms with Crippen molar-refractivity contribution in [1.29, 1.82) is 0 Å². The Labute approximate surface area is 122 Å². The largest absolute Gasteiger partial charge is 0.396 e. The number of rotatable bonds is 7. The van der Waals surface area contributed by atoms with Gasteiger partial charge in [-0.3, -0.25) is 9.69 Å². The summed E-state index contributed by atoms with van der Waals surface area (Å²) in [5.41, 5.74) is 0.903. The first-order valence-corrected chi connectivity index (χ1v) is 7.53. The first kappa shape index (κ1) is 14.9. The summed E-state index contributed by atoms with van der Waals surface area (Å²) in [6, 6.07) is 7.81. The van der Waals surface area contributed by atoms with Gasteiger partial charge in [-0.25, -0.2) is 4.98 Å². The lowest BCUT2D eigenvalue weighted by atomic mass is 10.3. The Morgan fingerprint density at radius 2 is 2.25 bits per heavy atom. The first-order chi connectivity index (χ1) is 9.72. The van der Waals surface area contributed by atoms with Gasteiger partial charge in [0.15, 0.2) is 5.13 Å². The van der Waals surface area contributed by atoms with Gasteiger partial charge in [-0.2, -0.15) is 0 Å². The normalized spacial score (nSPS) is 11.2. The van der Waals surface area contributed by atoms with Crippen LogP contribution in [0.2, 0.25) is 0 Å². The molecule has 0 fully saturated rings. The maximum atomic E-state index is 12.0. The summed E-state index contributed by atoms with van der Waals surface area (Å²) >= 11 is 1.48. The first-order valence-electron chi connectivity index (χ1n) is 6.71. The van der Waals surface area contributed by atoms with Gasteiger partial charge in [-0.1, -0.05) is 30.4 Å². The number of aliphatic hydroxyl groups excluding tert-OH is 1. The average molecular weight is 293 g/mol. The highest BCUT2D eigenvalue weighted by Gasteiger charge is 2.11. The molecule has 6 heteroatoms. The number of amides is 1.